The van der Waals surface area contributed by atoms with Crippen molar-refractivity contribution in [2.45, 2.75) is 72.1 Å². The molecule has 0 aromatic rings. The van der Waals surface area contributed by atoms with Crippen molar-refractivity contribution in [2.24, 2.45) is 5.92 Å². The molecule has 0 aromatic heterocycles. The predicted octanol–water partition coefficient (Wildman–Crippen LogP) is 2.44. The van der Waals surface area contributed by atoms with E-state index in [9.17, 15) is 4.79 Å². The maximum absolute atomic E-state index is 12.6. The first-order valence-electron chi connectivity index (χ1n) is 9.20. The lowest BCUT2D eigenvalue weighted by Crippen LogP contribution is -2.57. The van der Waals surface area contributed by atoms with Crippen molar-refractivity contribution >= 4 is 5.91 Å². The van der Waals surface area contributed by atoms with Crippen molar-refractivity contribution in [3.8, 4) is 0 Å². The van der Waals surface area contributed by atoms with Crippen LogP contribution in [0.25, 0.3) is 0 Å². The van der Waals surface area contributed by atoms with E-state index in [1.807, 2.05) is 0 Å². The minimum Gasteiger partial charge on any atom is -0.381 e. The SMILES string of the molecule is CCCCOCCCNC(=O)C(C(C)C)N1CC(C)OC(C)C1. The molecule has 0 spiro atoms. The fraction of sp³-hybridized carbons (Fsp3) is 0.944. The monoisotopic (exact) mass is 328 g/mol. The van der Waals surface area contributed by atoms with E-state index in [1.165, 1.54) is 0 Å². The van der Waals surface area contributed by atoms with Gasteiger partial charge in [-0.05, 0) is 32.6 Å². The van der Waals surface area contributed by atoms with Crippen LogP contribution in [-0.4, -0.2) is 61.9 Å². The molecule has 3 atom stereocenters. The Morgan fingerprint density at radius 1 is 1.22 bits per heavy atom. The first kappa shape index (κ1) is 20.4. The summed E-state index contributed by atoms with van der Waals surface area (Å²) in [6, 6.07) is -0.0789. The van der Waals surface area contributed by atoms with Crippen LogP contribution in [0.1, 0.15) is 53.9 Å². The van der Waals surface area contributed by atoms with Gasteiger partial charge in [-0.1, -0.05) is 27.2 Å². The van der Waals surface area contributed by atoms with Gasteiger partial charge in [-0.25, -0.2) is 0 Å². The molecule has 1 rings (SSSR count). The van der Waals surface area contributed by atoms with Crippen molar-refractivity contribution in [1.29, 1.82) is 0 Å². The van der Waals surface area contributed by atoms with Gasteiger partial charge in [0.25, 0.3) is 0 Å². The summed E-state index contributed by atoms with van der Waals surface area (Å²) in [4.78, 5) is 14.9. The largest absolute Gasteiger partial charge is 0.381 e. The van der Waals surface area contributed by atoms with Gasteiger partial charge >= 0.3 is 0 Å². The molecule has 1 heterocycles. The van der Waals surface area contributed by atoms with Crippen LogP contribution in [0.2, 0.25) is 0 Å². The maximum Gasteiger partial charge on any atom is 0.237 e. The number of carbonyl (C=O) groups is 1. The highest BCUT2D eigenvalue weighted by Gasteiger charge is 2.33. The molecule has 1 aliphatic heterocycles. The number of carbonyl (C=O) groups excluding carboxylic acids is 1. The van der Waals surface area contributed by atoms with Crippen LogP contribution in [-0.2, 0) is 14.3 Å². The number of nitrogens with zero attached hydrogens (tertiary/aromatic N) is 1. The fourth-order valence-corrected chi connectivity index (χ4v) is 3.17. The summed E-state index contributed by atoms with van der Waals surface area (Å²) in [6.45, 7) is 14.4. The molecular formula is C18H36N2O3. The topological polar surface area (TPSA) is 50.8 Å². The Morgan fingerprint density at radius 2 is 1.83 bits per heavy atom. The molecule has 1 amide bonds. The number of ether oxygens (including phenoxy) is 2. The number of amides is 1. The number of morpholine rings is 1. The highest BCUT2D eigenvalue weighted by molar-refractivity contribution is 5.82. The van der Waals surface area contributed by atoms with Gasteiger partial charge in [0.1, 0.15) is 0 Å². The zero-order chi connectivity index (χ0) is 17.2. The van der Waals surface area contributed by atoms with Gasteiger partial charge in [0.05, 0.1) is 18.2 Å². The standard InChI is InChI=1S/C18H36N2O3/c1-6-7-10-22-11-8-9-19-18(21)17(14(2)3)20-12-15(4)23-16(5)13-20/h14-17H,6-13H2,1-5H3,(H,19,21). The molecular weight excluding hydrogens is 292 g/mol. The molecule has 1 N–H and O–H groups in total. The van der Waals surface area contributed by atoms with E-state index in [4.69, 9.17) is 9.47 Å². The Kier molecular flexibility index (Phi) is 9.75. The zero-order valence-corrected chi connectivity index (χ0v) is 15.6. The van der Waals surface area contributed by atoms with Crippen molar-refractivity contribution in [3.63, 3.8) is 0 Å². The third-order valence-electron chi connectivity index (χ3n) is 4.15. The first-order chi connectivity index (χ1) is 11.0. The first-order valence-corrected chi connectivity index (χ1v) is 9.20. The van der Waals surface area contributed by atoms with Crippen molar-refractivity contribution in [3.05, 3.63) is 0 Å². The Bertz CT molecular complexity index is 326. The Hall–Kier alpha value is -0.650. The highest BCUT2D eigenvalue weighted by Crippen LogP contribution is 2.18. The fourth-order valence-electron chi connectivity index (χ4n) is 3.17. The van der Waals surface area contributed by atoms with Gasteiger partial charge in [-0.2, -0.15) is 0 Å². The van der Waals surface area contributed by atoms with Crippen LogP contribution in [0.5, 0.6) is 0 Å². The van der Waals surface area contributed by atoms with Crippen LogP contribution in [0.3, 0.4) is 0 Å². The lowest BCUT2D eigenvalue weighted by molar-refractivity contribution is -0.135. The second-order valence-corrected chi connectivity index (χ2v) is 7.01. The molecule has 0 bridgehead atoms. The molecule has 0 aromatic carbocycles. The average Bonchev–Trinajstić information content (AvgIpc) is 2.45. The molecule has 0 saturated carbocycles. The molecule has 0 radical (unpaired) electrons. The molecule has 1 saturated heterocycles. The molecule has 1 fully saturated rings. The molecule has 23 heavy (non-hydrogen) atoms. The second kappa shape index (κ2) is 11.0. The smallest absolute Gasteiger partial charge is 0.237 e. The van der Waals surface area contributed by atoms with E-state index in [2.05, 4.69) is 44.8 Å². The Morgan fingerprint density at radius 3 is 2.39 bits per heavy atom. The van der Waals surface area contributed by atoms with Gasteiger partial charge < -0.3 is 14.8 Å². The molecule has 136 valence electrons. The molecule has 5 heteroatoms. The Labute approximate surface area is 142 Å². The lowest BCUT2D eigenvalue weighted by atomic mass is 9.99. The summed E-state index contributed by atoms with van der Waals surface area (Å²) >= 11 is 0. The van der Waals surface area contributed by atoms with Crippen LogP contribution in [0, 0.1) is 5.92 Å². The number of rotatable bonds is 10. The molecule has 1 aliphatic rings. The van der Waals surface area contributed by atoms with Gasteiger partial charge in [0, 0.05) is 32.8 Å². The third-order valence-corrected chi connectivity index (χ3v) is 4.15. The van der Waals surface area contributed by atoms with Crippen LogP contribution < -0.4 is 5.32 Å². The summed E-state index contributed by atoms with van der Waals surface area (Å²) in [7, 11) is 0. The van der Waals surface area contributed by atoms with Crippen LogP contribution in [0.4, 0.5) is 0 Å². The van der Waals surface area contributed by atoms with E-state index < -0.39 is 0 Å². The lowest BCUT2D eigenvalue weighted by Gasteiger charge is -2.41. The zero-order valence-electron chi connectivity index (χ0n) is 15.6. The molecule has 5 nitrogen and oxygen atoms in total. The molecule has 0 aliphatic carbocycles. The van der Waals surface area contributed by atoms with Gasteiger partial charge in [-0.3, -0.25) is 9.69 Å². The van der Waals surface area contributed by atoms with E-state index in [-0.39, 0.29) is 30.1 Å². The maximum atomic E-state index is 12.6. The number of unbranched alkanes of at least 4 members (excludes halogenated alkanes) is 1. The number of hydrogen-bond acceptors (Lipinski definition) is 4. The van der Waals surface area contributed by atoms with E-state index in [0.29, 0.717) is 6.54 Å². The number of hydrogen-bond donors (Lipinski definition) is 1. The van der Waals surface area contributed by atoms with Crippen LogP contribution >= 0.6 is 0 Å². The summed E-state index contributed by atoms with van der Waals surface area (Å²) in [5, 5.41) is 3.08. The predicted molar refractivity (Wildman–Crippen MR) is 93.6 cm³/mol. The van der Waals surface area contributed by atoms with Crippen LogP contribution in [0.15, 0.2) is 0 Å². The highest BCUT2D eigenvalue weighted by atomic mass is 16.5. The van der Waals surface area contributed by atoms with E-state index in [1.54, 1.807) is 0 Å². The van der Waals surface area contributed by atoms with E-state index >= 15 is 0 Å². The van der Waals surface area contributed by atoms with E-state index in [0.717, 1.165) is 45.6 Å². The quantitative estimate of drug-likeness (QED) is 0.626. The summed E-state index contributed by atoms with van der Waals surface area (Å²) in [5.74, 6) is 0.420. The second-order valence-electron chi connectivity index (χ2n) is 7.01. The Balaban J connectivity index is 2.37. The minimum absolute atomic E-state index is 0.0789. The number of nitrogens with one attached hydrogen (secondary N) is 1. The van der Waals surface area contributed by atoms with Gasteiger partial charge in [0.2, 0.25) is 5.91 Å². The normalized spacial score (nSPS) is 23.9. The van der Waals surface area contributed by atoms with Crippen molar-refractivity contribution < 1.29 is 14.3 Å². The van der Waals surface area contributed by atoms with Crippen molar-refractivity contribution in [1.82, 2.24) is 10.2 Å². The van der Waals surface area contributed by atoms with Crippen molar-refractivity contribution in [2.75, 3.05) is 32.8 Å². The molecule has 3 unspecified atom stereocenters. The summed E-state index contributed by atoms with van der Waals surface area (Å²) < 4.78 is 11.3. The third kappa shape index (κ3) is 7.64. The minimum atomic E-state index is -0.0789. The average molecular weight is 328 g/mol. The van der Waals surface area contributed by atoms with Gasteiger partial charge in [0.15, 0.2) is 0 Å². The van der Waals surface area contributed by atoms with Gasteiger partial charge in [-0.15, -0.1) is 0 Å². The summed E-state index contributed by atoms with van der Waals surface area (Å²) in [5.41, 5.74) is 0. The summed E-state index contributed by atoms with van der Waals surface area (Å²) in [6.07, 6.45) is 3.49.